The zero-order valence-electron chi connectivity index (χ0n) is 47.9. The normalized spacial score (nSPS) is 20.6. The molecule has 0 aliphatic heterocycles. The predicted molar refractivity (Wildman–Crippen MR) is 330 cm³/mol. The van der Waals surface area contributed by atoms with Gasteiger partial charge in [0, 0.05) is 54.2 Å². The van der Waals surface area contributed by atoms with E-state index < -0.39 is 22.7 Å². The number of rotatable bonds is 0. The van der Waals surface area contributed by atoms with Gasteiger partial charge >= 0.3 is 0 Å². The summed E-state index contributed by atoms with van der Waals surface area (Å²) in [5, 5.41) is 9.59. The number of fused-ring (bicyclic) bond motifs is 12. The van der Waals surface area contributed by atoms with Gasteiger partial charge in [0.15, 0.2) is 11.6 Å². The van der Waals surface area contributed by atoms with Crippen LogP contribution >= 0.6 is 0 Å². The summed E-state index contributed by atoms with van der Waals surface area (Å²) in [6.45, 7) is 28.2. The molecule has 0 N–H and O–H groups in total. The molecule has 390 valence electrons. The molecule has 13 aromatic rings. The van der Waals surface area contributed by atoms with E-state index in [1.54, 1.807) is 0 Å². The monoisotopic (exact) mass is 1040 g/mol. The maximum atomic E-state index is 15.9. The summed E-state index contributed by atoms with van der Waals surface area (Å²) >= 11 is 0. The highest BCUT2D eigenvalue weighted by molar-refractivity contribution is 6.30. The van der Waals surface area contributed by atoms with E-state index in [1.807, 2.05) is 0 Å². The number of hydrogen-bond donors (Lipinski definition) is 0. The molecule has 4 bridgehead atoms. The summed E-state index contributed by atoms with van der Waals surface area (Å²) in [6.07, 6.45) is 0. The molecule has 4 heterocycles. The van der Waals surface area contributed by atoms with E-state index in [2.05, 4.69) is 250 Å². The quantitative estimate of drug-likeness (QED) is 0.152. The predicted octanol–water partition coefficient (Wildman–Crippen LogP) is 18.6. The van der Waals surface area contributed by atoms with Gasteiger partial charge in [-0.25, -0.2) is 0 Å². The maximum Gasteiger partial charge on any atom is 0.175 e. The number of hydrogen-bond acceptors (Lipinski definition) is 2. The lowest BCUT2D eigenvalue weighted by Gasteiger charge is -2.50. The van der Waals surface area contributed by atoms with Crippen molar-refractivity contribution in [1.82, 2.24) is 8.80 Å². The fraction of sp³-hybridized carbons (Fsp3) is 0.263. The second-order valence-electron chi connectivity index (χ2n) is 28.7. The Kier molecular flexibility index (Phi) is 8.34. The van der Waals surface area contributed by atoms with Crippen molar-refractivity contribution in [2.45, 2.75) is 117 Å². The third kappa shape index (κ3) is 5.15. The largest absolute Gasteiger partial charge is 0.308 e. The van der Waals surface area contributed by atoms with Gasteiger partial charge in [0.1, 0.15) is 0 Å². The Morgan fingerprint density at radius 1 is 0.325 bits per heavy atom. The maximum absolute atomic E-state index is 15.9. The Morgan fingerprint density at radius 3 is 0.887 bits per heavy atom. The van der Waals surface area contributed by atoms with Gasteiger partial charge < -0.3 is 8.80 Å². The second-order valence-corrected chi connectivity index (χ2v) is 28.7. The third-order valence-corrected chi connectivity index (χ3v) is 20.7. The van der Waals surface area contributed by atoms with Crippen LogP contribution in [0.4, 0.5) is 0 Å². The number of carbonyl (C=O) groups is 2. The molecule has 6 aliphatic rings. The van der Waals surface area contributed by atoms with Gasteiger partial charge in [0.25, 0.3) is 0 Å². The molecule has 0 amide bonds. The molecule has 0 saturated heterocycles. The lowest BCUT2D eigenvalue weighted by molar-refractivity contribution is 0.0966. The molecular weight excluding hydrogens is 973 g/mol. The number of benzene rings is 9. The van der Waals surface area contributed by atoms with Gasteiger partial charge in [-0.05, 0) is 149 Å². The Hall–Kier alpha value is -8.08. The van der Waals surface area contributed by atoms with Crippen molar-refractivity contribution >= 4 is 87.8 Å². The molecule has 19 rings (SSSR count). The minimum Gasteiger partial charge on any atom is -0.308 e. The summed E-state index contributed by atoms with van der Waals surface area (Å²) in [5.41, 5.74) is 20.6. The average Bonchev–Trinajstić information content (AvgIpc) is 2.65. The molecular formula is C76H64N2O2. The first-order chi connectivity index (χ1) is 38.1. The van der Waals surface area contributed by atoms with Gasteiger partial charge in [-0.2, -0.15) is 0 Å². The Balaban J connectivity index is 1.02. The van der Waals surface area contributed by atoms with Crippen LogP contribution in [0.25, 0.3) is 76.2 Å². The van der Waals surface area contributed by atoms with Crippen molar-refractivity contribution in [3.63, 3.8) is 0 Å². The molecule has 4 aromatic heterocycles. The smallest absolute Gasteiger partial charge is 0.175 e. The van der Waals surface area contributed by atoms with Gasteiger partial charge in [-0.15, -0.1) is 0 Å². The minimum atomic E-state index is -0.586. The lowest BCUT2D eigenvalue weighted by atomic mass is 9.52. The lowest BCUT2D eigenvalue weighted by Crippen LogP contribution is -2.45. The van der Waals surface area contributed by atoms with E-state index in [4.69, 9.17) is 0 Å². The minimum absolute atomic E-state index is 0.153. The van der Waals surface area contributed by atoms with Crippen LogP contribution in [0.5, 0.6) is 0 Å². The van der Waals surface area contributed by atoms with E-state index in [0.29, 0.717) is 0 Å². The first-order valence-corrected chi connectivity index (χ1v) is 29.1. The molecule has 0 spiro atoms. The fourth-order valence-electron chi connectivity index (χ4n) is 17.4. The first-order valence-electron chi connectivity index (χ1n) is 29.1. The van der Waals surface area contributed by atoms with Gasteiger partial charge in [-0.3, -0.25) is 9.59 Å². The number of aromatic nitrogens is 2. The number of nitrogens with zero attached hydrogens (tertiary/aromatic N) is 2. The van der Waals surface area contributed by atoms with Crippen LogP contribution in [0.15, 0.2) is 158 Å². The Bertz CT molecular complexity index is 4630. The van der Waals surface area contributed by atoms with E-state index >= 15 is 9.59 Å². The number of Topliss-reactive ketones (excluding diaryl/α,β-unsaturated/α-hetero) is 2. The molecule has 0 atom stereocenters. The number of ketones is 2. The van der Waals surface area contributed by atoms with Gasteiger partial charge in [0.05, 0.1) is 55.8 Å². The summed E-state index contributed by atoms with van der Waals surface area (Å²) in [4.78, 5) is 31.8. The van der Waals surface area contributed by atoms with Crippen molar-refractivity contribution in [1.29, 1.82) is 0 Å². The summed E-state index contributed by atoms with van der Waals surface area (Å²) in [7, 11) is 0. The topological polar surface area (TPSA) is 43.0 Å². The van der Waals surface area contributed by atoms with Crippen LogP contribution in [-0.4, -0.2) is 20.4 Å². The van der Waals surface area contributed by atoms with E-state index in [9.17, 15) is 0 Å². The third-order valence-electron chi connectivity index (χ3n) is 20.7. The first kappa shape index (κ1) is 46.8. The van der Waals surface area contributed by atoms with Gasteiger partial charge in [-0.1, -0.05) is 180 Å². The average molecular weight is 1040 g/mol. The van der Waals surface area contributed by atoms with Crippen molar-refractivity contribution in [3.05, 3.63) is 236 Å². The van der Waals surface area contributed by atoms with Crippen LogP contribution in [0.1, 0.15) is 182 Å². The highest BCUT2D eigenvalue weighted by Crippen LogP contribution is 2.65. The molecule has 4 heteroatoms. The molecule has 4 nitrogen and oxygen atoms in total. The van der Waals surface area contributed by atoms with Crippen LogP contribution in [0, 0.1) is 10.8 Å². The Labute approximate surface area is 466 Å². The molecule has 0 unspecified atom stereocenters. The zero-order valence-corrected chi connectivity index (χ0v) is 47.9. The molecule has 0 fully saturated rings. The summed E-state index contributed by atoms with van der Waals surface area (Å²) < 4.78 is 5.03. The summed E-state index contributed by atoms with van der Waals surface area (Å²) in [6, 6.07) is 59.5. The van der Waals surface area contributed by atoms with Crippen LogP contribution in [-0.2, 0) is 21.7 Å². The zero-order chi connectivity index (χ0) is 55.0. The van der Waals surface area contributed by atoms with Crippen molar-refractivity contribution in [2.24, 2.45) is 10.8 Å². The highest BCUT2D eigenvalue weighted by Gasteiger charge is 2.59. The molecule has 9 aromatic carbocycles. The summed E-state index contributed by atoms with van der Waals surface area (Å²) in [5.74, 6) is -0.454. The van der Waals surface area contributed by atoms with Crippen molar-refractivity contribution < 1.29 is 9.59 Å². The van der Waals surface area contributed by atoms with Crippen LogP contribution < -0.4 is 0 Å². The Morgan fingerprint density at radius 2 is 0.600 bits per heavy atom. The van der Waals surface area contributed by atoms with E-state index in [-0.39, 0.29) is 33.2 Å². The van der Waals surface area contributed by atoms with Crippen molar-refractivity contribution in [3.8, 4) is 0 Å². The van der Waals surface area contributed by atoms with Gasteiger partial charge in [0.2, 0.25) is 0 Å². The SMILES string of the molecule is CC(C)(C)c1cc2c3cc4c(cc3n3c5cc6c7cc(C(C)(C)C)cc8c9cc%10c(cc9n(c6cc5c(c1)c23)c87)C(=O)C1c2ccccc2C%10(C(C)(C)C)c2ccccc21)C(=O)C1c2ccccc2C4(C(C)(C)C)c2ccccc21. The fourth-order valence-corrected chi connectivity index (χ4v) is 17.4. The van der Waals surface area contributed by atoms with Crippen LogP contribution in [0.3, 0.4) is 0 Å². The van der Waals surface area contributed by atoms with Crippen LogP contribution in [0.2, 0.25) is 0 Å². The standard InChI is InChI=1S/C76H64N2O2/c1-71(2,3)39-29-49-45-33-59-53(69(79)65-41-21-13-17-25-55(41)75(59,73(7,8)9)56-26-18-14-22-42(56)65)37-63(45)77-61-36-48-52-32-40(72(4,5)6)30-50-46-34-60-54(38-64(46)78(68(50)52)62(48)35-47(61)51(31-39)67(49)77)70(80)66-43-23-15-19-27-57(43)76(60,74(10,11)12)58-28-20-16-24-44(58)66/h13-38,65-66H,1-12H3. The molecule has 80 heavy (non-hydrogen) atoms. The molecule has 0 saturated carbocycles. The molecule has 6 aliphatic carbocycles. The second kappa shape index (κ2) is 14.3. The van der Waals surface area contributed by atoms with E-state index in [0.717, 1.165) is 66.6 Å². The van der Waals surface area contributed by atoms with Crippen molar-refractivity contribution in [2.75, 3.05) is 0 Å². The van der Waals surface area contributed by atoms with E-state index in [1.165, 1.54) is 87.5 Å². The number of carbonyl (C=O) groups excluding carboxylic acids is 2. The molecule has 0 radical (unpaired) electrons. The highest BCUT2D eigenvalue weighted by atomic mass is 16.1.